The number of aromatic hydroxyl groups is 1. The molecule has 3 atom stereocenters. The molecule has 0 aliphatic carbocycles. The Hall–Kier alpha value is -1.28. The van der Waals surface area contributed by atoms with E-state index in [1.165, 1.54) is 0 Å². The first-order valence-corrected chi connectivity index (χ1v) is 8.55. The molecule has 0 radical (unpaired) electrons. The van der Waals surface area contributed by atoms with Crippen LogP contribution in [-0.2, 0) is 4.74 Å². The number of phenols is 1. The molecule has 1 aromatic carbocycles. The molecular formula is C20H30O2. The summed E-state index contributed by atoms with van der Waals surface area (Å²) in [7, 11) is 0. The lowest BCUT2D eigenvalue weighted by Crippen LogP contribution is -2.25. The number of phenolic OH excluding ortho intramolecular Hbond substituents is 1. The van der Waals surface area contributed by atoms with Crippen molar-refractivity contribution in [2.75, 3.05) is 0 Å². The van der Waals surface area contributed by atoms with Crippen LogP contribution in [0.5, 0.6) is 5.75 Å². The highest BCUT2D eigenvalue weighted by atomic mass is 16.5. The van der Waals surface area contributed by atoms with Gasteiger partial charge in [-0.2, -0.15) is 0 Å². The maximum atomic E-state index is 10.5. The van der Waals surface area contributed by atoms with Gasteiger partial charge in [-0.3, -0.25) is 0 Å². The van der Waals surface area contributed by atoms with Crippen molar-refractivity contribution in [2.24, 2.45) is 5.92 Å². The van der Waals surface area contributed by atoms with E-state index in [0.717, 1.165) is 23.1 Å². The topological polar surface area (TPSA) is 29.5 Å². The summed E-state index contributed by atoms with van der Waals surface area (Å²) in [5, 5.41) is 10.5. The van der Waals surface area contributed by atoms with Crippen molar-refractivity contribution in [2.45, 2.75) is 72.0 Å². The van der Waals surface area contributed by atoms with E-state index in [0.29, 0.717) is 23.5 Å². The number of benzene rings is 1. The summed E-state index contributed by atoms with van der Waals surface area (Å²) < 4.78 is 6.27. The maximum Gasteiger partial charge on any atom is 0.122 e. The van der Waals surface area contributed by atoms with E-state index >= 15 is 0 Å². The SMILES string of the molecule is CC[C@H]1O[C@H](c2cc(C(C)C)c(O)c(C(C)C)c2)C=C[C@@H]1C. The molecule has 0 saturated heterocycles. The van der Waals surface area contributed by atoms with Gasteiger partial charge in [0.1, 0.15) is 11.9 Å². The summed E-state index contributed by atoms with van der Waals surface area (Å²) in [6.07, 6.45) is 5.72. The van der Waals surface area contributed by atoms with Gasteiger partial charge in [-0.05, 0) is 47.1 Å². The zero-order valence-electron chi connectivity index (χ0n) is 14.8. The molecule has 2 heteroatoms. The molecule has 0 amide bonds. The van der Waals surface area contributed by atoms with E-state index in [4.69, 9.17) is 4.74 Å². The Kier molecular flexibility index (Phi) is 5.33. The highest BCUT2D eigenvalue weighted by Crippen LogP contribution is 2.39. The van der Waals surface area contributed by atoms with E-state index in [9.17, 15) is 5.11 Å². The van der Waals surface area contributed by atoms with Gasteiger partial charge in [0.15, 0.2) is 0 Å². The molecule has 1 aromatic rings. The van der Waals surface area contributed by atoms with Crippen molar-refractivity contribution in [3.8, 4) is 5.75 Å². The van der Waals surface area contributed by atoms with Crippen LogP contribution >= 0.6 is 0 Å². The second kappa shape index (κ2) is 6.87. The molecular weight excluding hydrogens is 272 g/mol. The zero-order valence-corrected chi connectivity index (χ0v) is 14.8. The van der Waals surface area contributed by atoms with Gasteiger partial charge in [-0.1, -0.05) is 53.7 Å². The van der Waals surface area contributed by atoms with Crippen molar-refractivity contribution in [3.63, 3.8) is 0 Å². The fraction of sp³-hybridized carbons (Fsp3) is 0.600. The van der Waals surface area contributed by atoms with Crippen LogP contribution in [0, 0.1) is 5.92 Å². The average molecular weight is 302 g/mol. The monoisotopic (exact) mass is 302 g/mol. The second-order valence-electron chi connectivity index (χ2n) is 7.10. The molecule has 122 valence electrons. The first-order chi connectivity index (χ1) is 10.3. The third kappa shape index (κ3) is 3.38. The van der Waals surface area contributed by atoms with Crippen LogP contribution in [0.25, 0.3) is 0 Å². The summed E-state index contributed by atoms with van der Waals surface area (Å²) in [5.41, 5.74) is 3.20. The fourth-order valence-corrected chi connectivity index (χ4v) is 3.16. The minimum absolute atomic E-state index is 0.00301. The summed E-state index contributed by atoms with van der Waals surface area (Å²) >= 11 is 0. The van der Waals surface area contributed by atoms with Crippen LogP contribution in [-0.4, -0.2) is 11.2 Å². The van der Waals surface area contributed by atoms with Crippen molar-refractivity contribution in [1.82, 2.24) is 0 Å². The number of rotatable bonds is 4. The molecule has 2 rings (SSSR count). The fourth-order valence-electron chi connectivity index (χ4n) is 3.16. The Labute approximate surface area is 135 Å². The van der Waals surface area contributed by atoms with Crippen molar-refractivity contribution >= 4 is 0 Å². The molecule has 1 aliphatic heterocycles. The molecule has 0 bridgehead atoms. The van der Waals surface area contributed by atoms with Gasteiger partial charge in [0.25, 0.3) is 0 Å². The summed E-state index contributed by atoms with van der Waals surface area (Å²) in [6, 6.07) is 4.23. The summed E-state index contributed by atoms with van der Waals surface area (Å²) in [4.78, 5) is 0. The Morgan fingerprint density at radius 3 is 2.05 bits per heavy atom. The number of hydrogen-bond donors (Lipinski definition) is 1. The molecule has 1 aliphatic rings. The Balaban J connectivity index is 2.45. The molecule has 0 spiro atoms. The third-order valence-corrected chi connectivity index (χ3v) is 4.66. The lowest BCUT2D eigenvalue weighted by Gasteiger charge is -2.31. The number of hydrogen-bond acceptors (Lipinski definition) is 2. The minimum Gasteiger partial charge on any atom is -0.507 e. The summed E-state index contributed by atoms with van der Waals surface area (Å²) in [5.74, 6) is 1.51. The predicted octanol–water partition coefficient (Wildman–Crippen LogP) is 5.68. The smallest absolute Gasteiger partial charge is 0.122 e. The van der Waals surface area contributed by atoms with Gasteiger partial charge >= 0.3 is 0 Å². The Bertz CT molecular complexity index is 514. The Morgan fingerprint density at radius 2 is 1.59 bits per heavy atom. The molecule has 0 fully saturated rings. The van der Waals surface area contributed by atoms with Gasteiger partial charge in [0.2, 0.25) is 0 Å². The normalized spacial score (nSPS) is 25.2. The third-order valence-electron chi connectivity index (χ3n) is 4.66. The first kappa shape index (κ1) is 17.1. The van der Waals surface area contributed by atoms with Crippen LogP contribution in [0.15, 0.2) is 24.3 Å². The van der Waals surface area contributed by atoms with Gasteiger partial charge in [-0.25, -0.2) is 0 Å². The van der Waals surface area contributed by atoms with Crippen LogP contribution in [0.3, 0.4) is 0 Å². The quantitative estimate of drug-likeness (QED) is 0.725. The van der Waals surface area contributed by atoms with E-state index in [2.05, 4.69) is 65.8 Å². The van der Waals surface area contributed by atoms with Crippen LogP contribution < -0.4 is 0 Å². The molecule has 0 unspecified atom stereocenters. The highest BCUT2D eigenvalue weighted by Gasteiger charge is 2.25. The van der Waals surface area contributed by atoms with Gasteiger partial charge in [0, 0.05) is 5.92 Å². The van der Waals surface area contributed by atoms with E-state index < -0.39 is 0 Å². The minimum atomic E-state index is -0.00301. The van der Waals surface area contributed by atoms with E-state index in [1.807, 2.05) is 0 Å². The van der Waals surface area contributed by atoms with Crippen molar-refractivity contribution in [3.05, 3.63) is 41.0 Å². The first-order valence-electron chi connectivity index (χ1n) is 8.55. The molecule has 1 N–H and O–H groups in total. The van der Waals surface area contributed by atoms with Crippen molar-refractivity contribution in [1.29, 1.82) is 0 Å². The molecule has 2 nitrogen and oxygen atoms in total. The molecule has 22 heavy (non-hydrogen) atoms. The molecule has 0 aromatic heterocycles. The largest absolute Gasteiger partial charge is 0.507 e. The summed E-state index contributed by atoms with van der Waals surface area (Å²) in [6.45, 7) is 12.9. The second-order valence-corrected chi connectivity index (χ2v) is 7.10. The molecule has 0 saturated carbocycles. The Morgan fingerprint density at radius 1 is 1.05 bits per heavy atom. The lowest BCUT2D eigenvalue weighted by molar-refractivity contribution is -0.0207. The van der Waals surface area contributed by atoms with Gasteiger partial charge < -0.3 is 9.84 Å². The van der Waals surface area contributed by atoms with Crippen LogP contribution in [0.1, 0.15) is 82.6 Å². The van der Waals surface area contributed by atoms with Crippen LogP contribution in [0.2, 0.25) is 0 Å². The van der Waals surface area contributed by atoms with Gasteiger partial charge in [0.05, 0.1) is 6.10 Å². The van der Waals surface area contributed by atoms with Crippen molar-refractivity contribution < 1.29 is 9.84 Å². The maximum absolute atomic E-state index is 10.5. The number of ether oxygens (including phenoxy) is 1. The molecule has 1 heterocycles. The lowest BCUT2D eigenvalue weighted by atomic mass is 9.88. The van der Waals surface area contributed by atoms with Crippen LogP contribution in [0.4, 0.5) is 0 Å². The standard InChI is InChI=1S/C20H30O2/c1-7-18-14(6)8-9-19(22-18)15-10-16(12(2)3)20(21)17(11-15)13(4)5/h8-14,18-19,21H,7H2,1-6H3/t14-,18+,19-/m0/s1. The zero-order chi connectivity index (χ0) is 16.4. The highest BCUT2D eigenvalue weighted by molar-refractivity contribution is 5.48. The predicted molar refractivity (Wildman–Crippen MR) is 92.5 cm³/mol. The van der Waals surface area contributed by atoms with E-state index in [-0.39, 0.29) is 12.2 Å². The van der Waals surface area contributed by atoms with E-state index in [1.54, 1.807) is 0 Å². The average Bonchev–Trinajstić information content (AvgIpc) is 2.47. The van der Waals surface area contributed by atoms with Gasteiger partial charge in [-0.15, -0.1) is 0 Å².